The van der Waals surface area contributed by atoms with Crippen LogP contribution in [0.1, 0.15) is 28.4 Å². The van der Waals surface area contributed by atoms with Crippen molar-refractivity contribution in [3.05, 3.63) is 41.0 Å². The van der Waals surface area contributed by atoms with E-state index in [0.29, 0.717) is 11.1 Å². The van der Waals surface area contributed by atoms with E-state index in [0.717, 1.165) is 18.2 Å². The first kappa shape index (κ1) is 16.9. The summed E-state index contributed by atoms with van der Waals surface area (Å²) >= 11 is 0. The van der Waals surface area contributed by atoms with E-state index < -0.39 is 5.97 Å². The van der Waals surface area contributed by atoms with Gasteiger partial charge in [0.05, 0.1) is 0 Å². The molecule has 1 unspecified atom stereocenters. The lowest BCUT2D eigenvalue weighted by molar-refractivity contribution is -0.131. The molecule has 0 heterocycles. The molecule has 0 aromatic heterocycles. The van der Waals surface area contributed by atoms with Crippen LogP contribution in [0.15, 0.2) is 24.3 Å². The Balaban J connectivity index is 2.87. The number of carbonyl (C=O) groups is 2. The zero-order valence-electron chi connectivity index (χ0n) is 12.9. The van der Waals surface area contributed by atoms with Gasteiger partial charge in [0.15, 0.2) is 0 Å². The Hall–Kier alpha value is -2.14. The second-order valence-corrected chi connectivity index (χ2v) is 5.44. The van der Waals surface area contributed by atoms with E-state index >= 15 is 0 Å². The maximum absolute atomic E-state index is 12.2. The number of carbonyl (C=O) groups excluding carboxylic acids is 1. The van der Waals surface area contributed by atoms with Crippen LogP contribution in [-0.2, 0) is 4.79 Å². The fourth-order valence-electron chi connectivity index (χ4n) is 2.11. The number of benzene rings is 1. The van der Waals surface area contributed by atoms with Gasteiger partial charge in [-0.3, -0.25) is 4.79 Å². The number of rotatable bonds is 6. The summed E-state index contributed by atoms with van der Waals surface area (Å²) < 4.78 is 0. The molecule has 21 heavy (non-hydrogen) atoms. The third-order valence-corrected chi connectivity index (χ3v) is 2.80. The summed E-state index contributed by atoms with van der Waals surface area (Å²) in [4.78, 5) is 24.8. The number of hydrogen-bond donors (Lipinski definition) is 2. The van der Waals surface area contributed by atoms with Crippen LogP contribution < -0.4 is 5.32 Å². The largest absolute Gasteiger partial charge is 0.478 e. The first-order chi connectivity index (χ1) is 9.77. The Labute approximate surface area is 125 Å². The van der Waals surface area contributed by atoms with Crippen LogP contribution in [0.25, 0.3) is 6.08 Å². The van der Waals surface area contributed by atoms with Gasteiger partial charge in [-0.2, -0.15) is 0 Å². The normalized spacial score (nSPS) is 12.6. The van der Waals surface area contributed by atoms with Crippen molar-refractivity contribution in [1.29, 1.82) is 0 Å². The standard InChI is InChI=1S/C16H22N2O3/c1-11-7-13(5-6-15(19)20)9-14(8-11)16(21)17-12(2)10-18(3)4/h5-9,12H,10H2,1-4H3,(H,17,21)(H,19,20)/b6-5+. The topological polar surface area (TPSA) is 69.6 Å². The number of nitrogens with one attached hydrogen (secondary N) is 1. The molecule has 0 aliphatic carbocycles. The van der Waals surface area contributed by atoms with E-state index in [2.05, 4.69) is 5.32 Å². The number of aliphatic carboxylic acids is 1. The number of nitrogens with zero attached hydrogens (tertiary/aromatic N) is 1. The summed E-state index contributed by atoms with van der Waals surface area (Å²) in [5, 5.41) is 11.6. The van der Waals surface area contributed by atoms with Crippen LogP contribution in [0.3, 0.4) is 0 Å². The molecule has 5 nitrogen and oxygen atoms in total. The Morgan fingerprint density at radius 1 is 1.33 bits per heavy atom. The van der Waals surface area contributed by atoms with Gasteiger partial charge in [0.1, 0.15) is 0 Å². The monoisotopic (exact) mass is 290 g/mol. The minimum atomic E-state index is -1.01. The summed E-state index contributed by atoms with van der Waals surface area (Å²) in [6.45, 7) is 4.57. The van der Waals surface area contributed by atoms with Gasteiger partial charge in [-0.1, -0.05) is 6.07 Å². The molecule has 0 aliphatic rings. The van der Waals surface area contributed by atoms with Crippen molar-refractivity contribution in [3.8, 4) is 0 Å². The maximum atomic E-state index is 12.2. The van der Waals surface area contributed by atoms with Crippen molar-refractivity contribution in [2.75, 3.05) is 20.6 Å². The molecule has 0 aliphatic heterocycles. The summed E-state index contributed by atoms with van der Waals surface area (Å²) in [6.07, 6.45) is 2.54. The first-order valence-corrected chi connectivity index (χ1v) is 6.76. The highest BCUT2D eigenvalue weighted by Gasteiger charge is 2.11. The third kappa shape index (κ3) is 6.23. The molecule has 0 fully saturated rings. The number of likely N-dealkylation sites (N-methyl/N-ethyl adjacent to an activating group) is 1. The van der Waals surface area contributed by atoms with Crippen LogP contribution >= 0.6 is 0 Å². The zero-order valence-corrected chi connectivity index (χ0v) is 12.9. The molecule has 0 bridgehead atoms. The average molecular weight is 290 g/mol. The summed E-state index contributed by atoms with van der Waals surface area (Å²) in [7, 11) is 3.90. The minimum Gasteiger partial charge on any atom is -0.478 e. The van der Waals surface area contributed by atoms with Crippen molar-refractivity contribution >= 4 is 18.0 Å². The molecule has 2 N–H and O–H groups in total. The molecule has 1 amide bonds. The van der Waals surface area contributed by atoms with E-state index in [1.165, 1.54) is 6.08 Å². The number of carboxylic acid groups (broad SMARTS) is 1. The molecule has 0 spiro atoms. The molecular weight excluding hydrogens is 268 g/mol. The van der Waals surface area contributed by atoms with Crippen molar-refractivity contribution in [2.24, 2.45) is 0 Å². The van der Waals surface area contributed by atoms with E-state index in [1.807, 2.05) is 38.9 Å². The van der Waals surface area contributed by atoms with Gasteiger partial charge in [0.2, 0.25) is 0 Å². The minimum absolute atomic E-state index is 0.0334. The van der Waals surface area contributed by atoms with E-state index in [-0.39, 0.29) is 11.9 Å². The highest BCUT2D eigenvalue weighted by molar-refractivity contribution is 5.95. The molecule has 1 rings (SSSR count). The van der Waals surface area contributed by atoms with E-state index in [1.54, 1.807) is 12.1 Å². The SMILES string of the molecule is Cc1cc(/C=C/C(=O)O)cc(C(=O)NC(C)CN(C)C)c1. The Bertz CT molecular complexity index is 550. The predicted octanol–water partition coefficient (Wildman–Crippen LogP) is 1.77. The Kier molecular flexibility index (Phi) is 6.11. The Morgan fingerprint density at radius 2 is 2.00 bits per heavy atom. The van der Waals surface area contributed by atoms with Gasteiger partial charge >= 0.3 is 5.97 Å². The van der Waals surface area contributed by atoms with Crippen molar-refractivity contribution < 1.29 is 14.7 Å². The number of hydrogen-bond acceptors (Lipinski definition) is 3. The molecule has 5 heteroatoms. The number of aryl methyl sites for hydroxylation is 1. The summed E-state index contributed by atoms with van der Waals surface area (Å²) in [5.41, 5.74) is 2.14. The zero-order chi connectivity index (χ0) is 16.0. The van der Waals surface area contributed by atoms with Gasteiger partial charge < -0.3 is 15.3 Å². The predicted molar refractivity (Wildman–Crippen MR) is 83.3 cm³/mol. The summed E-state index contributed by atoms with van der Waals surface area (Å²) in [6, 6.07) is 5.34. The molecule has 0 radical (unpaired) electrons. The molecule has 0 saturated carbocycles. The molecular formula is C16H22N2O3. The van der Waals surface area contributed by atoms with E-state index in [9.17, 15) is 9.59 Å². The van der Waals surface area contributed by atoms with Crippen LogP contribution in [0.5, 0.6) is 0 Å². The van der Waals surface area contributed by atoms with Gasteiger partial charge in [-0.05, 0) is 57.3 Å². The molecule has 1 atom stereocenters. The maximum Gasteiger partial charge on any atom is 0.328 e. The third-order valence-electron chi connectivity index (χ3n) is 2.80. The molecule has 1 aromatic rings. The highest BCUT2D eigenvalue weighted by atomic mass is 16.4. The van der Waals surface area contributed by atoms with Crippen LogP contribution in [-0.4, -0.2) is 48.6 Å². The first-order valence-electron chi connectivity index (χ1n) is 6.76. The van der Waals surface area contributed by atoms with Crippen molar-refractivity contribution in [2.45, 2.75) is 19.9 Å². The number of carboxylic acids is 1. The highest BCUT2D eigenvalue weighted by Crippen LogP contribution is 2.12. The van der Waals surface area contributed by atoms with E-state index in [4.69, 9.17) is 5.11 Å². The lowest BCUT2D eigenvalue weighted by Crippen LogP contribution is -2.39. The van der Waals surface area contributed by atoms with Crippen molar-refractivity contribution in [1.82, 2.24) is 10.2 Å². The van der Waals surface area contributed by atoms with Crippen LogP contribution in [0.2, 0.25) is 0 Å². The van der Waals surface area contributed by atoms with Crippen LogP contribution in [0.4, 0.5) is 0 Å². The quantitative estimate of drug-likeness (QED) is 0.783. The average Bonchev–Trinajstić information content (AvgIpc) is 2.34. The van der Waals surface area contributed by atoms with Gasteiger partial charge in [-0.25, -0.2) is 4.79 Å². The fourth-order valence-corrected chi connectivity index (χ4v) is 2.11. The second kappa shape index (κ2) is 7.59. The smallest absolute Gasteiger partial charge is 0.328 e. The lowest BCUT2D eigenvalue weighted by Gasteiger charge is -2.18. The van der Waals surface area contributed by atoms with Gasteiger partial charge in [0, 0.05) is 24.2 Å². The fraction of sp³-hybridized carbons (Fsp3) is 0.375. The van der Waals surface area contributed by atoms with Crippen LogP contribution in [0, 0.1) is 6.92 Å². The Morgan fingerprint density at radius 3 is 2.57 bits per heavy atom. The van der Waals surface area contributed by atoms with Crippen molar-refractivity contribution in [3.63, 3.8) is 0 Å². The number of amides is 1. The van der Waals surface area contributed by atoms with Gasteiger partial charge in [-0.15, -0.1) is 0 Å². The molecule has 1 aromatic carbocycles. The molecule has 0 saturated heterocycles. The lowest BCUT2D eigenvalue weighted by atomic mass is 10.1. The second-order valence-electron chi connectivity index (χ2n) is 5.44. The molecule has 114 valence electrons. The summed E-state index contributed by atoms with van der Waals surface area (Å²) in [5.74, 6) is -1.17. The van der Waals surface area contributed by atoms with Gasteiger partial charge in [0.25, 0.3) is 5.91 Å².